The minimum atomic E-state index is -1.40. The maximum Gasteiger partial charge on any atom is 0.280 e. The molecule has 1 aromatic carbocycles. The number of fused-ring (bicyclic) bond motifs is 2. The van der Waals surface area contributed by atoms with E-state index < -0.39 is 11.6 Å². The summed E-state index contributed by atoms with van der Waals surface area (Å²) >= 11 is 7.51. The van der Waals surface area contributed by atoms with Crippen molar-refractivity contribution in [3.63, 3.8) is 0 Å². The van der Waals surface area contributed by atoms with Crippen molar-refractivity contribution < 1.29 is 14.4 Å². The number of carbonyl (C=O) groups is 3. The Bertz CT molecular complexity index is 1410. The number of hydrogen-bond donors (Lipinski definition) is 4. The Kier molecular flexibility index (Phi) is 8.73. The van der Waals surface area contributed by atoms with Crippen LogP contribution in [0.25, 0.3) is 10.9 Å². The monoisotopic (exact) mass is 592 g/mol. The van der Waals surface area contributed by atoms with Gasteiger partial charge in [-0.25, -0.2) is 4.98 Å². The second-order valence-corrected chi connectivity index (χ2v) is 12.3. The largest absolute Gasteiger partial charge is 0.354 e. The fourth-order valence-corrected chi connectivity index (χ4v) is 6.69. The van der Waals surface area contributed by atoms with E-state index in [1.165, 1.54) is 11.3 Å². The molecule has 3 unspecified atom stereocenters. The van der Waals surface area contributed by atoms with Crippen molar-refractivity contribution in [3.05, 3.63) is 50.6 Å². The summed E-state index contributed by atoms with van der Waals surface area (Å²) in [6.45, 7) is 5.45. The predicted molar refractivity (Wildman–Crippen MR) is 156 cm³/mol. The van der Waals surface area contributed by atoms with Crippen LogP contribution in [0.3, 0.4) is 0 Å². The van der Waals surface area contributed by atoms with Crippen molar-refractivity contribution in [2.75, 3.05) is 13.6 Å². The van der Waals surface area contributed by atoms with Crippen LogP contribution < -0.4 is 16.4 Å². The number of H-pyrrole nitrogens is 1. The van der Waals surface area contributed by atoms with Gasteiger partial charge in [-0.05, 0) is 64.4 Å². The van der Waals surface area contributed by atoms with Crippen LogP contribution in [0.5, 0.6) is 0 Å². The molecular weight excluding hydrogens is 559 g/mol. The molecule has 1 aliphatic heterocycles. The molecule has 210 valence electrons. The van der Waals surface area contributed by atoms with E-state index in [1.807, 2.05) is 27.0 Å². The number of hydrogen-bond acceptors (Lipinski definition) is 7. The van der Waals surface area contributed by atoms with Crippen molar-refractivity contribution in [2.24, 2.45) is 11.7 Å². The maximum atomic E-state index is 13.9. The average Bonchev–Trinajstić information content (AvgIpc) is 3.48. The molecule has 3 atom stereocenters. The Balaban J connectivity index is 0.00000353. The van der Waals surface area contributed by atoms with Gasteiger partial charge in [-0.3, -0.25) is 14.4 Å². The van der Waals surface area contributed by atoms with Crippen molar-refractivity contribution >= 4 is 63.8 Å². The molecule has 5 N–H and O–H groups in total. The molecule has 12 heteroatoms. The van der Waals surface area contributed by atoms with E-state index in [9.17, 15) is 14.4 Å². The summed E-state index contributed by atoms with van der Waals surface area (Å²) in [6.07, 6.45) is 1.74. The fraction of sp³-hybridized carbons (Fsp3) is 0.481. The molecule has 39 heavy (non-hydrogen) atoms. The number of thiazole rings is 1. The number of halogens is 2. The average molecular weight is 594 g/mol. The number of likely N-dealkylation sites (N-methyl/N-ethyl adjacent to an activating group) is 1. The number of Topliss-reactive ketones (excluding diaryl/α,β-unsaturated/α-hetero) is 1. The fourth-order valence-electron chi connectivity index (χ4n) is 5.42. The summed E-state index contributed by atoms with van der Waals surface area (Å²) in [5.41, 5.74) is 7.54. The zero-order valence-corrected chi connectivity index (χ0v) is 24.6. The van der Waals surface area contributed by atoms with Gasteiger partial charge in [0.25, 0.3) is 5.91 Å². The topological polar surface area (TPSA) is 133 Å². The molecular formula is C27H34Cl2N6O3S. The quantitative estimate of drug-likeness (QED) is 0.323. The highest BCUT2D eigenvalue weighted by molar-refractivity contribution is 7.13. The number of aromatic amines is 1. The van der Waals surface area contributed by atoms with Crippen LogP contribution in [0.4, 0.5) is 0 Å². The van der Waals surface area contributed by atoms with Gasteiger partial charge < -0.3 is 26.3 Å². The van der Waals surface area contributed by atoms with E-state index >= 15 is 0 Å². The first-order valence-electron chi connectivity index (χ1n) is 12.9. The lowest BCUT2D eigenvalue weighted by Gasteiger charge is -2.42. The SMILES string of the molecule is CC(C)NC(=O)C1CCC(N)(C(=O)c2cc3cc(Cl)ccc3[nH]2)C(NC(=O)c2nc3c(s2)CN(C)CC3)C1.Cl. The summed E-state index contributed by atoms with van der Waals surface area (Å²) < 4.78 is 0. The third kappa shape index (κ3) is 6.00. The highest BCUT2D eigenvalue weighted by Crippen LogP contribution is 2.35. The number of nitrogens with zero attached hydrogens (tertiary/aromatic N) is 2. The van der Waals surface area contributed by atoms with Gasteiger partial charge in [-0.15, -0.1) is 23.7 Å². The maximum absolute atomic E-state index is 13.9. The van der Waals surface area contributed by atoms with Crippen molar-refractivity contribution in [1.82, 2.24) is 25.5 Å². The van der Waals surface area contributed by atoms with E-state index in [0.29, 0.717) is 22.1 Å². The highest BCUT2D eigenvalue weighted by atomic mass is 35.5. The first kappa shape index (κ1) is 29.5. The molecule has 3 heterocycles. The van der Waals surface area contributed by atoms with Gasteiger partial charge >= 0.3 is 0 Å². The Labute approximate surface area is 242 Å². The molecule has 9 nitrogen and oxygen atoms in total. The van der Waals surface area contributed by atoms with Gasteiger partial charge in [0.1, 0.15) is 5.54 Å². The molecule has 0 radical (unpaired) electrons. The second-order valence-electron chi connectivity index (χ2n) is 10.8. The Hall–Kier alpha value is -2.50. The Morgan fingerprint density at radius 1 is 1.28 bits per heavy atom. The molecule has 1 fully saturated rings. The molecule has 2 aliphatic rings. The third-order valence-corrected chi connectivity index (χ3v) is 8.84. The molecule has 0 saturated heterocycles. The van der Waals surface area contributed by atoms with Gasteiger partial charge in [0.05, 0.1) is 17.4 Å². The Morgan fingerprint density at radius 2 is 2.05 bits per heavy atom. The molecule has 0 bridgehead atoms. The first-order chi connectivity index (χ1) is 18.0. The minimum absolute atomic E-state index is 0. The summed E-state index contributed by atoms with van der Waals surface area (Å²) in [7, 11) is 2.04. The second kappa shape index (κ2) is 11.5. The first-order valence-corrected chi connectivity index (χ1v) is 14.1. The lowest BCUT2D eigenvalue weighted by molar-refractivity contribution is -0.127. The standard InChI is InChI=1S/C27H33ClN6O3S.ClH/c1-14(2)30-24(36)15-6-8-27(29,23(35)20-11-16-10-17(28)4-5-18(16)31-20)22(12-15)33-25(37)26-32-19-7-9-34(3)13-21(19)38-26;/h4-5,10-11,14-15,22,31H,6-9,12-13,29H2,1-3H3,(H,30,36)(H,33,37);1H. The normalized spacial score (nSPS) is 23.2. The number of ketones is 1. The van der Waals surface area contributed by atoms with Gasteiger partial charge in [-0.2, -0.15) is 0 Å². The van der Waals surface area contributed by atoms with E-state index in [4.69, 9.17) is 17.3 Å². The minimum Gasteiger partial charge on any atom is -0.354 e. The van der Waals surface area contributed by atoms with Crippen LogP contribution >= 0.6 is 35.3 Å². The number of carbonyl (C=O) groups excluding carboxylic acids is 3. The molecule has 0 spiro atoms. The lowest BCUT2D eigenvalue weighted by atomic mass is 9.70. The summed E-state index contributed by atoms with van der Waals surface area (Å²) in [4.78, 5) is 51.2. The molecule has 2 aromatic heterocycles. The Morgan fingerprint density at radius 3 is 2.79 bits per heavy atom. The van der Waals surface area contributed by atoms with Crippen LogP contribution in [0.15, 0.2) is 24.3 Å². The van der Waals surface area contributed by atoms with Gasteiger partial charge in [0.15, 0.2) is 5.01 Å². The number of rotatable bonds is 6. The smallest absolute Gasteiger partial charge is 0.280 e. The predicted octanol–water partition coefficient (Wildman–Crippen LogP) is 3.69. The molecule has 1 aliphatic carbocycles. The van der Waals surface area contributed by atoms with Crippen molar-refractivity contribution in [3.8, 4) is 0 Å². The molecule has 2 amide bonds. The van der Waals surface area contributed by atoms with Gasteiger partial charge in [0, 0.05) is 52.3 Å². The summed E-state index contributed by atoms with van der Waals surface area (Å²) in [5.74, 6) is -1.14. The zero-order valence-electron chi connectivity index (χ0n) is 22.2. The van der Waals surface area contributed by atoms with Crippen molar-refractivity contribution in [2.45, 2.75) is 63.7 Å². The lowest BCUT2D eigenvalue weighted by Crippen LogP contribution is -2.66. The van der Waals surface area contributed by atoms with Crippen molar-refractivity contribution in [1.29, 1.82) is 0 Å². The number of amides is 2. The summed E-state index contributed by atoms with van der Waals surface area (Å²) in [5, 5.41) is 7.69. The number of nitrogens with two attached hydrogens (primary N) is 1. The molecule has 3 aromatic rings. The van der Waals surface area contributed by atoms with Gasteiger partial charge in [0.2, 0.25) is 11.7 Å². The third-order valence-electron chi connectivity index (χ3n) is 7.52. The van der Waals surface area contributed by atoms with E-state index in [2.05, 4.69) is 25.5 Å². The van der Waals surface area contributed by atoms with Crippen LogP contribution in [0, 0.1) is 5.92 Å². The number of nitrogens with one attached hydrogen (secondary N) is 3. The van der Waals surface area contributed by atoms with Crippen LogP contribution in [0.2, 0.25) is 5.02 Å². The number of benzene rings is 1. The zero-order chi connectivity index (χ0) is 27.2. The van der Waals surface area contributed by atoms with Crippen LogP contribution in [0.1, 0.15) is 64.0 Å². The van der Waals surface area contributed by atoms with Gasteiger partial charge in [-0.1, -0.05) is 11.6 Å². The number of aromatic nitrogens is 2. The summed E-state index contributed by atoms with van der Waals surface area (Å²) in [6, 6.07) is 6.31. The van der Waals surface area contributed by atoms with E-state index in [-0.39, 0.29) is 54.8 Å². The van der Waals surface area contributed by atoms with E-state index in [1.54, 1.807) is 18.2 Å². The highest BCUT2D eigenvalue weighted by Gasteiger charge is 2.49. The van der Waals surface area contributed by atoms with E-state index in [0.717, 1.165) is 41.0 Å². The molecule has 5 rings (SSSR count). The van der Waals surface area contributed by atoms with Crippen LogP contribution in [-0.2, 0) is 17.8 Å². The molecule has 1 saturated carbocycles. The van der Waals surface area contributed by atoms with Crippen LogP contribution in [-0.4, -0.2) is 63.7 Å².